The largest absolute Gasteiger partial charge is 0.378 e. The van der Waals surface area contributed by atoms with E-state index in [1.165, 1.54) is 18.2 Å². The molecule has 0 aliphatic carbocycles. The van der Waals surface area contributed by atoms with Crippen LogP contribution >= 0.6 is 0 Å². The van der Waals surface area contributed by atoms with Crippen molar-refractivity contribution in [1.82, 2.24) is 5.32 Å². The molecule has 0 saturated carbocycles. The van der Waals surface area contributed by atoms with Crippen LogP contribution in [0, 0.1) is 0 Å². The first-order valence-corrected chi connectivity index (χ1v) is 11.8. The molecule has 0 radical (unpaired) electrons. The summed E-state index contributed by atoms with van der Waals surface area (Å²) < 4.78 is 28.3. The van der Waals surface area contributed by atoms with Crippen molar-refractivity contribution in [3.8, 4) is 0 Å². The average molecular weight is 462 g/mol. The van der Waals surface area contributed by atoms with Gasteiger partial charge in [0.05, 0.1) is 4.90 Å². The van der Waals surface area contributed by atoms with E-state index in [2.05, 4.69) is 23.2 Å². The molecule has 0 atom stereocenters. The number of carbonyl (C=O) groups excluding carboxylic acids is 1. The van der Waals surface area contributed by atoms with Gasteiger partial charge in [0.1, 0.15) is 0 Å². The minimum Gasteiger partial charge on any atom is -0.378 e. The second-order valence-electron chi connectivity index (χ2n) is 7.63. The van der Waals surface area contributed by atoms with Crippen molar-refractivity contribution >= 4 is 39.5 Å². The second-order valence-corrected chi connectivity index (χ2v) is 9.31. The lowest BCUT2D eigenvalue weighted by atomic mass is 10.1. The molecular formula is C26H27N3O3S. The number of nitrogens with one attached hydrogen (secondary N) is 2. The first-order valence-electron chi connectivity index (χ1n) is 10.3. The molecule has 0 heterocycles. The fourth-order valence-corrected chi connectivity index (χ4v) is 4.30. The monoisotopic (exact) mass is 461 g/mol. The molecule has 3 rings (SSSR count). The highest BCUT2D eigenvalue weighted by molar-refractivity contribution is 7.92. The summed E-state index contributed by atoms with van der Waals surface area (Å²) in [6, 6.07) is 19.0. The van der Waals surface area contributed by atoms with Crippen molar-refractivity contribution in [1.29, 1.82) is 0 Å². The number of sulfonamides is 1. The minimum atomic E-state index is -3.85. The van der Waals surface area contributed by atoms with Gasteiger partial charge in [0.2, 0.25) is 0 Å². The van der Waals surface area contributed by atoms with E-state index in [0.29, 0.717) is 23.4 Å². The Morgan fingerprint density at radius 1 is 0.939 bits per heavy atom. The fraction of sp³-hybridized carbons (Fsp3) is 0.115. The van der Waals surface area contributed by atoms with E-state index in [-0.39, 0.29) is 10.8 Å². The van der Waals surface area contributed by atoms with Crippen LogP contribution < -0.4 is 14.9 Å². The highest BCUT2D eigenvalue weighted by atomic mass is 32.2. The normalized spacial score (nSPS) is 10.8. The van der Waals surface area contributed by atoms with Crippen molar-refractivity contribution in [3.63, 3.8) is 0 Å². The standard InChI is InChI=1S/C26H27N3O3S/c1-5-20-12-15-25(17-21(20)6-2)33(31,32)28-23-9-7-8-22(16-23)26(30)27-18-19-10-13-24(14-11-19)29(3)4/h5-17,28H,1-2,18H2,3-4H3,(H,27,30). The quantitative estimate of drug-likeness (QED) is 0.481. The van der Waals surface area contributed by atoms with Crippen LogP contribution in [-0.4, -0.2) is 28.4 Å². The van der Waals surface area contributed by atoms with Gasteiger partial charge in [-0.15, -0.1) is 0 Å². The van der Waals surface area contributed by atoms with Gasteiger partial charge < -0.3 is 10.2 Å². The number of benzene rings is 3. The summed E-state index contributed by atoms with van der Waals surface area (Å²) in [5.41, 5.74) is 4.15. The number of nitrogens with zero attached hydrogens (tertiary/aromatic N) is 1. The summed E-state index contributed by atoms with van der Waals surface area (Å²) >= 11 is 0. The highest BCUT2D eigenvalue weighted by Crippen LogP contribution is 2.22. The maximum Gasteiger partial charge on any atom is 0.261 e. The van der Waals surface area contributed by atoms with E-state index in [4.69, 9.17) is 0 Å². The third kappa shape index (κ3) is 5.90. The zero-order chi connectivity index (χ0) is 24.0. The van der Waals surface area contributed by atoms with E-state index >= 15 is 0 Å². The predicted molar refractivity (Wildman–Crippen MR) is 136 cm³/mol. The Kier molecular flexibility index (Phi) is 7.35. The van der Waals surface area contributed by atoms with Gasteiger partial charge in [-0.3, -0.25) is 9.52 Å². The summed E-state index contributed by atoms with van der Waals surface area (Å²) in [6.45, 7) is 7.80. The molecule has 0 fully saturated rings. The molecule has 170 valence electrons. The predicted octanol–water partition coefficient (Wildman–Crippen LogP) is 4.77. The zero-order valence-corrected chi connectivity index (χ0v) is 19.5. The maximum atomic E-state index is 12.9. The van der Waals surface area contributed by atoms with Crippen LogP contribution in [0.4, 0.5) is 11.4 Å². The fourth-order valence-electron chi connectivity index (χ4n) is 3.22. The van der Waals surface area contributed by atoms with Crippen molar-refractivity contribution in [2.24, 2.45) is 0 Å². The van der Waals surface area contributed by atoms with Gasteiger partial charge in [0, 0.05) is 37.6 Å². The van der Waals surface area contributed by atoms with Crippen LogP contribution in [0.3, 0.4) is 0 Å². The molecule has 3 aromatic rings. The average Bonchev–Trinajstić information content (AvgIpc) is 2.82. The molecule has 0 spiro atoms. The molecule has 2 N–H and O–H groups in total. The molecule has 0 bridgehead atoms. The van der Waals surface area contributed by atoms with E-state index in [1.54, 1.807) is 36.4 Å². The lowest BCUT2D eigenvalue weighted by molar-refractivity contribution is 0.0951. The van der Waals surface area contributed by atoms with Crippen LogP contribution in [0.2, 0.25) is 0 Å². The van der Waals surface area contributed by atoms with Gasteiger partial charge in [-0.1, -0.05) is 49.6 Å². The van der Waals surface area contributed by atoms with Crippen molar-refractivity contribution in [2.75, 3.05) is 23.7 Å². The molecular weight excluding hydrogens is 434 g/mol. The molecule has 7 heteroatoms. The number of rotatable bonds is 9. The topological polar surface area (TPSA) is 78.5 Å². The Bertz CT molecular complexity index is 1280. The molecule has 0 aliphatic rings. The maximum absolute atomic E-state index is 12.9. The van der Waals surface area contributed by atoms with E-state index in [1.807, 2.05) is 43.3 Å². The smallest absolute Gasteiger partial charge is 0.261 e. The molecule has 1 amide bonds. The van der Waals surface area contributed by atoms with E-state index in [9.17, 15) is 13.2 Å². The van der Waals surface area contributed by atoms with Crippen molar-refractivity contribution in [2.45, 2.75) is 11.4 Å². The molecule has 0 saturated heterocycles. The van der Waals surface area contributed by atoms with E-state index < -0.39 is 10.0 Å². The lowest BCUT2D eigenvalue weighted by Crippen LogP contribution is -2.23. The Morgan fingerprint density at radius 3 is 2.27 bits per heavy atom. The van der Waals surface area contributed by atoms with Crippen LogP contribution in [0.1, 0.15) is 27.0 Å². The van der Waals surface area contributed by atoms with Crippen molar-refractivity contribution in [3.05, 3.63) is 102 Å². The Morgan fingerprint density at radius 2 is 1.64 bits per heavy atom. The van der Waals surface area contributed by atoms with Crippen LogP contribution in [-0.2, 0) is 16.6 Å². The number of hydrogen-bond donors (Lipinski definition) is 2. The van der Waals surface area contributed by atoms with Gasteiger partial charge in [0.15, 0.2) is 0 Å². The van der Waals surface area contributed by atoms with Gasteiger partial charge in [-0.05, 0) is 59.2 Å². The van der Waals surface area contributed by atoms with Gasteiger partial charge in [-0.25, -0.2) is 8.42 Å². The van der Waals surface area contributed by atoms with E-state index in [0.717, 1.165) is 16.8 Å². The molecule has 6 nitrogen and oxygen atoms in total. The lowest BCUT2D eigenvalue weighted by Gasteiger charge is -2.13. The summed E-state index contributed by atoms with van der Waals surface area (Å²) in [5, 5.41) is 2.86. The number of anilines is 2. The highest BCUT2D eigenvalue weighted by Gasteiger charge is 2.16. The van der Waals surface area contributed by atoms with Crippen LogP contribution in [0.5, 0.6) is 0 Å². The Hall–Kier alpha value is -3.84. The number of carbonyl (C=O) groups is 1. The number of amides is 1. The minimum absolute atomic E-state index is 0.0963. The van der Waals surface area contributed by atoms with Crippen LogP contribution in [0.25, 0.3) is 12.2 Å². The van der Waals surface area contributed by atoms with Gasteiger partial charge in [-0.2, -0.15) is 0 Å². The third-order valence-corrected chi connectivity index (χ3v) is 6.47. The first-order chi connectivity index (χ1) is 15.7. The molecule has 33 heavy (non-hydrogen) atoms. The Labute approximate surface area is 195 Å². The SMILES string of the molecule is C=Cc1ccc(S(=O)(=O)Nc2cccc(C(=O)NCc3ccc(N(C)C)cc3)c2)cc1C=C. The third-order valence-electron chi connectivity index (χ3n) is 5.09. The summed E-state index contributed by atoms with van der Waals surface area (Å²) in [7, 11) is 0.0824. The van der Waals surface area contributed by atoms with Gasteiger partial charge >= 0.3 is 0 Å². The second kappa shape index (κ2) is 10.2. The van der Waals surface area contributed by atoms with Crippen molar-refractivity contribution < 1.29 is 13.2 Å². The number of hydrogen-bond acceptors (Lipinski definition) is 4. The molecule has 3 aromatic carbocycles. The Balaban J connectivity index is 1.71. The molecule has 0 aromatic heterocycles. The molecule has 0 aliphatic heterocycles. The van der Waals surface area contributed by atoms with Gasteiger partial charge in [0.25, 0.3) is 15.9 Å². The summed E-state index contributed by atoms with van der Waals surface area (Å²) in [4.78, 5) is 14.7. The first kappa shape index (κ1) is 23.8. The molecule has 0 unspecified atom stereocenters. The zero-order valence-electron chi connectivity index (χ0n) is 18.7. The van der Waals surface area contributed by atoms with Crippen LogP contribution in [0.15, 0.2) is 84.8 Å². The summed E-state index contributed by atoms with van der Waals surface area (Å²) in [6.07, 6.45) is 3.22. The summed E-state index contributed by atoms with van der Waals surface area (Å²) in [5.74, 6) is -0.294.